The van der Waals surface area contributed by atoms with Gasteiger partial charge in [-0.05, 0) is 51.3 Å². The number of rotatable bonds is 3. The van der Waals surface area contributed by atoms with Crippen molar-refractivity contribution in [2.75, 3.05) is 0 Å². The Balaban J connectivity index is 2.25. The molecule has 0 aromatic heterocycles. The second kappa shape index (κ2) is 5.58. The summed E-state index contributed by atoms with van der Waals surface area (Å²) in [6.07, 6.45) is 2.66. The maximum atomic E-state index is 12.0. The Bertz CT molecular complexity index is 528. The normalized spacial score (nSPS) is 28.4. The van der Waals surface area contributed by atoms with Gasteiger partial charge >= 0.3 is 0 Å². The van der Waals surface area contributed by atoms with Crippen molar-refractivity contribution in [3.8, 4) is 0 Å². The highest BCUT2D eigenvalue weighted by Gasteiger charge is 2.44. The third kappa shape index (κ3) is 3.30. The molecule has 3 nitrogen and oxygen atoms in total. The lowest BCUT2D eigenvalue weighted by Gasteiger charge is -2.43. The molecule has 1 fully saturated rings. The summed E-state index contributed by atoms with van der Waals surface area (Å²) in [5, 5.41) is 10.3. The summed E-state index contributed by atoms with van der Waals surface area (Å²) in [4.78, 5) is 0. The molecule has 0 aliphatic heterocycles. The van der Waals surface area contributed by atoms with Crippen LogP contribution in [0.2, 0.25) is 5.02 Å². The summed E-state index contributed by atoms with van der Waals surface area (Å²) >= 11 is 5.91. The van der Waals surface area contributed by atoms with Crippen molar-refractivity contribution in [2.24, 2.45) is 4.40 Å². The minimum Gasteiger partial charge on any atom is -0.393 e. The highest BCUT2D eigenvalue weighted by Crippen LogP contribution is 2.43. The van der Waals surface area contributed by atoms with Crippen LogP contribution in [0.5, 0.6) is 0 Å². The zero-order chi connectivity index (χ0) is 15.0. The largest absolute Gasteiger partial charge is 0.393 e. The van der Waals surface area contributed by atoms with Gasteiger partial charge in [0.2, 0.25) is 0 Å². The Kier molecular flexibility index (Phi) is 4.38. The lowest BCUT2D eigenvalue weighted by molar-refractivity contribution is 0.0523. The van der Waals surface area contributed by atoms with E-state index in [1.165, 1.54) is 0 Å². The molecule has 0 heterocycles. The molecule has 0 radical (unpaired) electrons. The lowest BCUT2D eigenvalue weighted by Crippen LogP contribution is -2.46. The van der Waals surface area contributed by atoms with E-state index in [0.29, 0.717) is 17.9 Å². The lowest BCUT2D eigenvalue weighted by atomic mass is 9.63. The number of nitrogens with zero attached hydrogens (tertiary/aromatic N) is 1. The zero-order valence-electron chi connectivity index (χ0n) is 12.0. The van der Waals surface area contributed by atoms with Crippen molar-refractivity contribution in [3.05, 3.63) is 34.9 Å². The van der Waals surface area contributed by atoms with Crippen LogP contribution in [0, 0.1) is 0 Å². The molecule has 1 aliphatic rings. The summed E-state index contributed by atoms with van der Waals surface area (Å²) in [6.45, 7) is 5.68. The summed E-state index contributed by atoms with van der Waals surface area (Å²) in [7, 11) is -1.28. The van der Waals surface area contributed by atoms with Gasteiger partial charge in [-0.3, -0.25) is 0 Å². The maximum absolute atomic E-state index is 12.0. The highest BCUT2D eigenvalue weighted by atomic mass is 35.5. The van der Waals surface area contributed by atoms with Gasteiger partial charge in [-0.15, -0.1) is 0 Å². The third-order valence-electron chi connectivity index (χ3n) is 3.54. The zero-order valence-corrected chi connectivity index (χ0v) is 13.5. The van der Waals surface area contributed by atoms with Crippen molar-refractivity contribution in [2.45, 2.75) is 49.9 Å². The smallest absolute Gasteiger partial charge is 0.144 e. The van der Waals surface area contributed by atoms with Crippen LogP contribution < -0.4 is 0 Å². The molecule has 0 unspecified atom stereocenters. The molecule has 110 valence electrons. The van der Waals surface area contributed by atoms with E-state index in [9.17, 15) is 9.32 Å². The van der Waals surface area contributed by atoms with E-state index in [4.69, 9.17) is 11.6 Å². The molecular weight excluding hydrogens is 294 g/mol. The fourth-order valence-electron chi connectivity index (χ4n) is 2.29. The van der Waals surface area contributed by atoms with Gasteiger partial charge in [-0.25, -0.2) is 4.21 Å². The topological polar surface area (TPSA) is 49.7 Å². The molecule has 2 rings (SSSR count). The molecule has 1 aliphatic carbocycles. The van der Waals surface area contributed by atoms with Crippen LogP contribution in [-0.4, -0.2) is 26.4 Å². The average Bonchev–Trinajstić information content (AvgIpc) is 2.32. The number of hydrogen-bond donors (Lipinski definition) is 1. The first-order valence-electron chi connectivity index (χ1n) is 6.64. The van der Waals surface area contributed by atoms with Crippen LogP contribution in [-0.2, 0) is 16.4 Å². The summed E-state index contributed by atoms with van der Waals surface area (Å²) < 4.78 is 15.9. The average molecular weight is 314 g/mol. The van der Waals surface area contributed by atoms with Gasteiger partial charge in [-0.1, -0.05) is 23.7 Å². The van der Waals surface area contributed by atoms with Crippen LogP contribution in [0.25, 0.3) is 0 Å². The summed E-state index contributed by atoms with van der Waals surface area (Å²) in [5.41, 5.74) is 0.743. The van der Waals surface area contributed by atoms with Crippen LogP contribution in [0.3, 0.4) is 0 Å². The van der Waals surface area contributed by atoms with Gasteiger partial charge in [0, 0.05) is 16.7 Å². The van der Waals surface area contributed by atoms with Gasteiger partial charge in [0.1, 0.15) is 11.0 Å². The van der Waals surface area contributed by atoms with Crippen LogP contribution in [0.15, 0.2) is 28.7 Å². The van der Waals surface area contributed by atoms with Gasteiger partial charge in [-0.2, -0.15) is 4.40 Å². The molecule has 1 atom stereocenters. The second-order valence-electron chi connectivity index (χ2n) is 6.32. The number of halogens is 1. The molecule has 20 heavy (non-hydrogen) atoms. The number of aliphatic hydroxyl groups is 1. The van der Waals surface area contributed by atoms with Gasteiger partial charge in [0.15, 0.2) is 0 Å². The van der Waals surface area contributed by atoms with Gasteiger partial charge < -0.3 is 5.11 Å². The van der Waals surface area contributed by atoms with Crippen molar-refractivity contribution in [3.63, 3.8) is 0 Å². The van der Waals surface area contributed by atoms with E-state index in [-0.39, 0.29) is 16.3 Å². The molecule has 1 N–H and O–H groups in total. The summed E-state index contributed by atoms with van der Waals surface area (Å²) in [5.74, 6) is 0. The Morgan fingerprint density at radius 3 is 2.35 bits per heavy atom. The monoisotopic (exact) mass is 313 g/mol. The number of aliphatic hydroxyl groups excluding tert-OH is 1. The Hall–Kier alpha value is -0.710. The molecule has 0 saturated heterocycles. The fraction of sp³-hybridized carbons (Fsp3) is 0.533. The molecule has 0 bridgehead atoms. The minimum atomic E-state index is -1.28. The first-order valence-corrected chi connectivity index (χ1v) is 8.13. The van der Waals surface area contributed by atoms with Crippen molar-refractivity contribution in [1.82, 2.24) is 0 Å². The fourth-order valence-corrected chi connectivity index (χ4v) is 3.03. The molecule has 1 saturated carbocycles. The Labute approximate surface area is 127 Å². The van der Waals surface area contributed by atoms with E-state index >= 15 is 0 Å². The van der Waals surface area contributed by atoms with E-state index in [2.05, 4.69) is 4.40 Å². The first kappa shape index (κ1) is 15.7. The standard InChI is InChI=1S/C15H20ClNO2S/c1-14(2,3)20(19)17-10-15(8-13(18)9-15)11-4-6-12(16)7-5-11/h4-7,10,13,18H,8-9H2,1-3H3/t13?,15?,20-/m1/s1. The van der Waals surface area contributed by atoms with Crippen LogP contribution in [0.4, 0.5) is 0 Å². The van der Waals surface area contributed by atoms with E-state index in [1.807, 2.05) is 45.0 Å². The second-order valence-corrected chi connectivity index (χ2v) is 8.69. The molecule has 0 spiro atoms. The van der Waals surface area contributed by atoms with E-state index < -0.39 is 11.0 Å². The van der Waals surface area contributed by atoms with Crippen LogP contribution >= 0.6 is 11.6 Å². The molecular formula is C15H20ClNO2S. The molecule has 0 amide bonds. The Morgan fingerprint density at radius 2 is 1.90 bits per heavy atom. The summed E-state index contributed by atoms with van der Waals surface area (Å²) in [6, 6.07) is 7.55. The third-order valence-corrected chi connectivity index (χ3v) is 5.13. The quantitative estimate of drug-likeness (QED) is 0.871. The van der Waals surface area contributed by atoms with Gasteiger partial charge in [0.25, 0.3) is 0 Å². The Morgan fingerprint density at radius 1 is 1.35 bits per heavy atom. The SMILES string of the molecule is CC(C)(C)[S@@](=O)N=CC1(c2ccc(Cl)cc2)CC(O)C1. The van der Waals surface area contributed by atoms with Crippen LogP contribution in [0.1, 0.15) is 39.2 Å². The predicted molar refractivity (Wildman–Crippen MR) is 84.8 cm³/mol. The van der Waals surface area contributed by atoms with E-state index in [0.717, 1.165) is 5.56 Å². The van der Waals surface area contributed by atoms with Crippen molar-refractivity contribution < 1.29 is 9.32 Å². The highest BCUT2D eigenvalue weighted by molar-refractivity contribution is 7.85. The van der Waals surface area contributed by atoms with Crippen molar-refractivity contribution in [1.29, 1.82) is 0 Å². The van der Waals surface area contributed by atoms with Crippen molar-refractivity contribution >= 4 is 28.8 Å². The minimum absolute atomic E-state index is 0.315. The van der Waals surface area contributed by atoms with E-state index in [1.54, 1.807) is 6.21 Å². The maximum Gasteiger partial charge on any atom is 0.144 e. The number of benzene rings is 1. The first-order chi connectivity index (χ1) is 9.23. The molecule has 1 aromatic rings. The predicted octanol–water partition coefficient (Wildman–Crippen LogP) is 3.27. The van der Waals surface area contributed by atoms with Gasteiger partial charge in [0.05, 0.1) is 10.9 Å². The molecule has 5 heteroatoms. The molecule has 1 aromatic carbocycles. The number of hydrogen-bond acceptors (Lipinski definition) is 2.